The fourth-order valence-electron chi connectivity index (χ4n) is 6.96. The highest BCUT2D eigenvalue weighted by molar-refractivity contribution is 7.47. The maximum Gasteiger partial charge on any atom is 0.472 e. The second-order valence-corrected chi connectivity index (χ2v) is 17.8. The van der Waals surface area contributed by atoms with Gasteiger partial charge in [-0.25, -0.2) is 4.57 Å². The number of hydrogen-bond donors (Lipinski definition) is 2. The zero-order valence-corrected chi connectivity index (χ0v) is 38.7. The van der Waals surface area contributed by atoms with E-state index in [2.05, 4.69) is 38.2 Å². The molecular formula is C48H92NO8P. The summed E-state index contributed by atoms with van der Waals surface area (Å²) in [6, 6.07) is 0. The van der Waals surface area contributed by atoms with Gasteiger partial charge in [-0.05, 0) is 44.9 Å². The number of carbonyl (C=O) groups excluding carboxylic acids is 2. The van der Waals surface area contributed by atoms with Crippen molar-refractivity contribution in [2.45, 2.75) is 245 Å². The van der Waals surface area contributed by atoms with Crippen molar-refractivity contribution in [2.24, 2.45) is 5.73 Å². The molecule has 0 aromatic rings. The van der Waals surface area contributed by atoms with Crippen LogP contribution in [0.15, 0.2) is 24.3 Å². The molecule has 0 aromatic heterocycles. The highest BCUT2D eigenvalue weighted by atomic mass is 31.2. The standard InChI is InChI=1S/C48H92NO8P/c1-3-5-7-9-11-13-15-17-19-21-22-23-24-25-27-29-31-33-35-37-39-41-48(51)57-46(45-56-58(52,53)55-43-42-49)44-54-47(50)40-38-36-34-32-30-28-26-20-18-16-14-12-10-8-6-4-2/h15,17,21-22,46H,3-14,16,18-20,23-45,49H2,1-2H3,(H,52,53)/b17-15-,22-21-. The minimum absolute atomic E-state index is 0.0545. The molecule has 0 heterocycles. The fourth-order valence-corrected chi connectivity index (χ4v) is 7.73. The summed E-state index contributed by atoms with van der Waals surface area (Å²) in [6.07, 6.45) is 49.2. The fraction of sp³-hybridized carbons (Fsp3) is 0.875. The highest BCUT2D eigenvalue weighted by Crippen LogP contribution is 2.43. The molecule has 58 heavy (non-hydrogen) atoms. The third kappa shape index (κ3) is 44.1. The highest BCUT2D eigenvalue weighted by Gasteiger charge is 2.26. The Morgan fingerprint density at radius 1 is 0.517 bits per heavy atom. The Morgan fingerprint density at radius 2 is 0.897 bits per heavy atom. The van der Waals surface area contributed by atoms with E-state index in [4.69, 9.17) is 24.3 Å². The van der Waals surface area contributed by atoms with Crippen molar-refractivity contribution in [3.05, 3.63) is 24.3 Å². The molecule has 0 fully saturated rings. The van der Waals surface area contributed by atoms with E-state index in [0.29, 0.717) is 6.42 Å². The number of unbranched alkanes of at least 4 members (excludes halogenated alkanes) is 29. The van der Waals surface area contributed by atoms with Crippen LogP contribution in [0.2, 0.25) is 0 Å². The molecule has 0 rings (SSSR count). The Bertz CT molecular complexity index is 1010. The molecule has 0 aromatic carbocycles. The number of ether oxygens (including phenoxy) is 2. The van der Waals surface area contributed by atoms with E-state index < -0.39 is 26.5 Å². The van der Waals surface area contributed by atoms with Crippen molar-refractivity contribution in [3.8, 4) is 0 Å². The molecule has 9 nitrogen and oxygen atoms in total. The monoisotopic (exact) mass is 842 g/mol. The van der Waals surface area contributed by atoms with Gasteiger partial charge >= 0.3 is 19.8 Å². The first kappa shape index (κ1) is 56.5. The molecule has 10 heteroatoms. The molecule has 0 aliphatic heterocycles. The summed E-state index contributed by atoms with van der Waals surface area (Å²) in [5.41, 5.74) is 5.36. The van der Waals surface area contributed by atoms with Gasteiger partial charge in [0.25, 0.3) is 0 Å². The molecule has 3 N–H and O–H groups in total. The number of phosphoric ester groups is 1. The first-order valence-corrected chi connectivity index (χ1v) is 25.8. The zero-order valence-electron chi connectivity index (χ0n) is 37.8. The van der Waals surface area contributed by atoms with Gasteiger partial charge in [0.1, 0.15) is 6.61 Å². The van der Waals surface area contributed by atoms with Crippen LogP contribution in [0.1, 0.15) is 239 Å². The Morgan fingerprint density at radius 3 is 1.31 bits per heavy atom. The first-order valence-electron chi connectivity index (χ1n) is 24.3. The SMILES string of the molecule is CCCCCCC/C=C\C/C=C\CCCCCCCCCCCC(=O)OC(COC(=O)CCCCCCCCCCCCCCCCCC)COP(=O)(O)OCCN. The van der Waals surface area contributed by atoms with E-state index >= 15 is 0 Å². The summed E-state index contributed by atoms with van der Waals surface area (Å²) in [7, 11) is -4.38. The van der Waals surface area contributed by atoms with Gasteiger partial charge in [0.05, 0.1) is 13.2 Å². The number of esters is 2. The number of rotatable bonds is 46. The summed E-state index contributed by atoms with van der Waals surface area (Å²) in [5, 5.41) is 0. The lowest BCUT2D eigenvalue weighted by Crippen LogP contribution is -2.29. The average Bonchev–Trinajstić information content (AvgIpc) is 3.21. The summed E-state index contributed by atoms with van der Waals surface area (Å²) < 4.78 is 32.9. The van der Waals surface area contributed by atoms with Crippen LogP contribution in [0.3, 0.4) is 0 Å². The van der Waals surface area contributed by atoms with Crippen molar-refractivity contribution in [3.63, 3.8) is 0 Å². The second kappa shape index (κ2) is 45.0. The van der Waals surface area contributed by atoms with Crippen molar-refractivity contribution in [2.75, 3.05) is 26.4 Å². The van der Waals surface area contributed by atoms with Crippen LogP contribution in [0.25, 0.3) is 0 Å². The first-order chi connectivity index (χ1) is 28.3. The van der Waals surface area contributed by atoms with E-state index in [1.165, 1.54) is 154 Å². The van der Waals surface area contributed by atoms with Crippen LogP contribution in [0.5, 0.6) is 0 Å². The van der Waals surface area contributed by atoms with Gasteiger partial charge in [-0.2, -0.15) is 0 Å². The lowest BCUT2D eigenvalue weighted by molar-refractivity contribution is -0.161. The number of carbonyl (C=O) groups is 2. The van der Waals surface area contributed by atoms with Crippen LogP contribution in [-0.2, 0) is 32.7 Å². The Hall–Kier alpha value is -1.51. The molecule has 0 spiro atoms. The van der Waals surface area contributed by atoms with Gasteiger partial charge in [-0.1, -0.05) is 205 Å². The van der Waals surface area contributed by atoms with Crippen molar-refractivity contribution in [1.29, 1.82) is 0 Å². The third-order valence-corrected chi connectivity index (χ3v) is 11.6. The minimum atomic E-state index is -4.38. The quantitative estimate of drug-likeness (QED) is 0.0266. The molecule has 0 saturated carbocycles. The Balaban J connectivity index is 4.06. The van der Waals surface area contributed by atoms with Gasteiger partial charge < -0.3 is 20.1 Å². The number of allylic oxidation sites excluding steroid dienone is 4. The van der Waals surface area contributed by atoms with E-state index in [1.54, 1.807) is 0 Å². The lowest BCUT2D eigenvalue weighted by Gasteiger charge is -2.19. The summed E-state index contributed by atoms with van der Waals surface area (Å²) in [4.78, 5) is 35.0. The molecule has 2 unspecified atom stereocenters. The van der Waals surface area contributed by atoms with Gasteiger partial charge in [-0.3, -0.25) is 18.6 Å². The molecule has 342 valence electrons. The number of phosphoric acid groups is 1. The summed E-state index contributed by atoms with van der Waals surface area (Å²) in [6.45, 7) is 3.76. The van der Waals surface area contributed by atoms with Gasteiger partial charge in [0.15, 0.2) is 6.10 Å². The van der Waals surface area contributed by atoms with Gasteiger partial charge in [-0.15, -0.1) is 0 Å². The second-order valence-electron chi connectivity index (χ2n) is 16.3. The van der Waals surface area contributed by atoms with E-state index in [-0.39, 0.29) is 38.6 Å². The molecule has 2 atom stereocenters. The van der Waals surface area contributed by atoms with Crippen molar-refractivity contribution >= 4 is 19.8 Å². The van der Waals surface area contributed by atoms with Crippen LogP contribution >= 0.6 is 7.82 Å². The van der Waals surface area contributed by atoms with Crippen LogP contribution in [0, 0.1) is 0 Å². The summed E-state index contributed by atoms with van der Waals surface area (Å²) in [5.74, 6) is -0.821. The molecule has 0 radical (unpaired) electrons. The van der Waals surface area contributed by atoms with Gasteiger partial charge in [0.2, 0.25) is 0 Å². The van der Waals surface area contributed by atoms with E-state index in [9.17, 15) is 19.0 Å². The van der Waals surface area contributed by atoms with Crippen LogP contribution in [-0.4, -0.2) is 49.3 Å². The molecule has 0 saturated heterocycles. The van der Waals surface area contributed by atoms with Crippen LogP contribution in [0.4, 0.5) is 0 Å². The topological polar surface area (TPSA) is 134 Å². The Labute approximate surface area is 357 Å². The van der Waals surface area contributed by atoms with Crippen LogP contribution < -0.4 is 5.73 Å². The van der Waals surface area contributed by atoms with Gasteiger partial charge in [0, 0.05) is 19.4 Å². The molecule has 0 bridgehead atoms. The number of hydrogen-bond acceptors (Lipinski definition) is 8. The lowest BCUT2D eigenvalue weighted by atomic mass is 10.0. The van der Waals surface area contributed by atoms with Crippen molar-refractivity contribution in [1.82, 2.24) is 0 Å². The maximum atomic E-state index is 12.6. The smallest absolute Gasteiger partial charge is 0.462 e. The normalized spacial score (nSPS) is 13.4. The van der Waals surface area contributed by atoms with E-state index in [0.717, 1.165) is 51.4 Å². The van der Waals surface area contributed by atoms with E-state index in [1.807, 2.05) is 0 Å². The summed E-state index contributed by atoms with van der Waals surface area (Å²) >= 11 is 0. The predicted octanol–water partition coefficient (Wildman–Crippen LogP) is 14.3. The largest absolute Gasteiger partial charge is 0.472 e. The van der Waals surface area contributed by atoms with Crippen molar-refractivity contribution < 1.29 is 37.6 Å². The predicted molar refractivity (Wildman–Crippen MR) is 243 cm³/mol. The molecule has 0 aliphatic carbocycles. The number of nitrogens with two attached hydrogens (primary N) is 1. The molecular weight excluding hydrogens is 750 g/mol. The Kier molecular flexibility index (Phi) is 43.9. The third-order valence-electron chi connectivity index (χ3n) is 10.6. The zero-order chi connectivity index (χ0) is 42.5. The minimum Gasteiger partial charge on any atom is -0.462 e. The average molecular weight is 842 g/mol. The molecule has 0 amide bonds. The molecule has 0 aliphatic rings. The maximum absolute atomic E-state index is 12.6.